The second kappa shape index (κ2) is 3.06. The van der Waals surface area contributed by atoms with Crippen molar-refractivity contribution in [3.8, 4) is 0 Å². The molecule has 0 bridgehead atoms. The van der Waals surface area contributed by atoms with Gasteiger partial charge in [0.1, 0.15) is 10.4 Å². The molecule has 0 atom stereocenters. The number of hydrogen-bond donors (Lipinski definition) is 1. The molecule has 0 unspecified atom stereocenters. The van der Waals surface area contributed by atoms with Crippen LogP contribution in [0.3, 0.4) is 0 Å². The Balaban J connectivity index is 2.85. The molecule has 72 valence electrons. The summed E-state index contributed by atoms with van der Waals surface area (Å²) in [5.41, 5.74) is 0.517. The van der Waals surface area contributed by atoms with E-state index < -0.39 is 11.8 Å². The average Bonchev–Trinajstić information content (AvgIpc) is 2.43. The maximum Gasteiger partial charge on any atom is 0.372 e. The first-order chi connectivity index (χ1) is 6.59. The molecule has 0 spiro atoms. The highest BCUT2D eigenvalue weighted by atomic mass is 79.9. The van der Waals surface area contributed by atoms with Crippen molar-refractivity contribution < 1.29 is 14.3 Å². The topological polar surface area (TPSA) is 54.6 Å². The number of aromatic carboxylic acids is 1. The molecule has 1 N–H and O–H groups in total. The average molecular weight is 259 g/mol. The van der Waals surface area contributed by atoms with Gasteiger partial charge in [-0.25, -0.2) is 14.2 Å². The Labute approximate surface area is 86.1 Å². The molecule has 0 radical (unpaired) electrons. The summed E-state index contributed by atoms with van der Waals surface area (Å²) in [5.74, 6) is -1.92. The van der Waals surface area contributed by atoms with Gasteiger partial charge in [-0.2, -0.15) is 0 Å². The van der Waals surface area contributed by atoms with E-state index in [1.54, 1.807) is 0 Å². The largest absolute Gasteiger partial charge is 0.475 e. The van der Waals surface area contributed by atoms with E-state index in [4.69, 9.17) is 5.11 Å². The number of nitrogens with zero attached hydrogens (tertiary/aromatic N) is 2. The first-order valence-corrected chi connectivity index (χ1v) is 4.45. The van der Waals surface area contributed by atoms with Crippen molar-refractivity contribution in [2.45, 2.75) is 0 Å². The molecule has 2 aromatic heterocycles. The van der Waals surface area contributed by atoms with Gasteiger partial charge in [-0.15, -0.1) is 0 Å². The fraction of sp³-hybridized carbons (Fsp3) is 0. The predicted molar refractivity (Wildman–Crippen MR) is 49.8 cm³/mol. The molecule has 4 nitrogen and oxygen atoms in total. The van der Waals surface area contributed by atoms with Gasteiger partial charge in [0.15, 0.2) is 0 Å². The van der Waals surface area contributed by atoms with Crippen LogP contribution in [0.2, 0.25) is 0 Å². The Morgan fingerprint density at radius 2 is 2.29 bits per heavy atom. The number of pyridine rings is 1. The van der Waals surface area contributed by atoms with Crippen molar-refractivity contribution in [1.29, 1.82) is 0 Å². The number of carboxylic acids is 1. The van der Waals surface area contributed by atoms with Gasteiger partial charge in [-0.05, 0) is 28.1 Å². The minimum Gasteiger partial charge on any atom is -0.475 e. The van der Waals surface area contributed by atoms with E-state index in [2.05, 4.69) is 20.9 Å². The van der Waals surface area contributed by atoms with Gasteiger partial charge >= 0.3 is 5.97 Å². The zero-order valence-corrected chi connectivity index (χ0v) is 8.32. The molecule has 0 aliphatic carbocycles. The Bertz CT molecular complexity index is 523. The van der Waals surface area contributed by atoms with Crippen LogP contribution in [0.15, 0.2) is 22.9 Å². The van der Waals surface area contributed by atoms with Gasteiger partial charge in [0, 0.05) is 6.20 Å². The molecule has 0 aromatic carbocycles. The second-order valence-corrected chi connectivity index (χ2v) is 3.39. The van der Waals surface area contributed by atoms with Crippen LogP contribution in [0, 0.1) is 5.82 Å². The van der Waals surface area contributed by atoms with Gasteiger partial charge in [-0.3, -0.25) is 4.40 Å². The zero-order chi connectivity index (χ0) is 10.3. The van der Waals surface area contributed by atoms with Crippen LogP contribution in [-0.2, 0) is 0 Å². The fourth-order valence-corrected chi connectivity index (χ4v) is 1.66. The molecule has 6 heteroatoms. The van der Waals surface area contributed by atoms with E-state index in [0.717, 1.165) is 6.20 Å². The van der Waals surface area contributed by atoms with Gasteiger partial charge in [0.05, 0.1) is 5.52 Å². The second-order valence-electron chi connectivity index (χ2n) is 2.63. The highest BCUT2D eigenvalue weighted by Crippen LogP contribution is 2.19. The lowest BCUT2D eigenvalue weighted by Gasteiger charge is -1.95. The SMILES string of the molecule is O=C(O)c1nc(Br)c2ccc(F)cn12. The quantitative estimate of drug-likeness (QED) is 0.851. The third-order valence-electron chi connectivity index (χ3n) is 1.75. The molecule has 0 saturated carbocycles. The lowest BCUT2D eigenvalue weighted by Crippen LogP contribution is -2.03. The molecular weight excluding hydrogens is 255 g/mol. The van der Waals surface area contributed by atoms with Crippen molar-refractivity contribution in [3.63, 3.8) is 0 Å². The summed E-state index contributed by atoms with van der Waals surface area (Å²) in [7, 11) is 0. The number of aromatic nitrogens is 2. The number of carboxylic acid groups (broad SMARTS) is 1. The van der Waals surface area contributed by atoms with E-state index in [9.17, 15) is 9.18 Å². The van der Waals surface area contributed by atoms with E-state index in [0.29, 0.717) is 10.1 Å². The van der Waals surface area contributed by atoms with Crippen LogP contribution in [0.5, 0.6) is 0 Å². The van der Waals surface area contributed by atoms with Gasteiger partial charge in [0.25, 0.3) is 0 Å². The smallest absolute Gasteiger partial charge is 0.372 e. The van der Waals surface area contributed by atoms with E-state index in [1.807, 2.05) is 0 Å². The third kappa shape index (κ3) is 1.27. The van der Waals surface area contributed by atoms with Crippen LogP contribution in [0.4, 0.5) is 4.39 Å². The molecule has 0 aliphatic heterocycles. The molecule has 0 saturated heterocycles. The molecule has 2 heterocycles. The fourth-order valence-electron chi connectivity index (χ4n) is 1.17. The van der Waals surface area contributed by atoms with Gasteiger partial charge in [0.2, 0.25) is 5.82 Å². The van der Waals surface area contributed by atoms with Crippen molar-refractivity contribution in [2.75, 3.05) is 0 Å². The maximum absolute atomic E-state index is 12.8. The molecule has 0 aliphatic rings. The molecule has 2 rings (SSSR count). The maximum atomic E-state index is 12.8. The number of imidazole rings is 1. The highest BCUT2D eigenvalue weighted by Gasteiger charge is 2.14. The lowest BCUT2D eigenvalue weighted by atomic mass is 10.4. The van der Waals surface area contributed by atoms with Gasteiger partial charge in [-0.1, -0.05) is 0 Å². The number of halogens is 2. The summed E-state index contributed by atoms with van der Waals surface area (Å²) >= 11 is 3.09. The summed E-state index contributed by atoms with van der Waals surface area (Å²) in [6.45, 7) is 0. The first-order valence-electron chi connectivity index (χ1n) is 3.66. The molecule has 2 aromatic rings. The first kappa shape index (κ1) is 9.14. The lowest BCUT2D eigenvalue weighted by molar-refractivity contribution is 0.0682. The minimum atomic E-state index is -1.20. The predicted octanol–water partition coefficient (Wildman–Crippen LogP) is 1.93. The number of rotatable bonds is 1. The monoisotopic (exact) mass is 258 g/mol. The Morgan fingerprint density at radius 1 is 1.57 bits per heavy atom. The summed E-state index contributed by atoms with van der Waals surface area (Å²) in [6.07, 6.45) is 1.08. The van der Waals surface area contributed by atoms with Gasteiger partial charge < -0.3 is 5.11 Å². The number of carbonyl (C=O) groups is 1. The highest BCUT2D eigenvalue weighted by molar-refractivity contribution is 9.10. The molecular formula is C8H4BrFN2O2. The van der Waals surface area contributed by atoms with E-state index in [1.165, 1.54) is 16.5 Å². The van der Waals surface area contributed by atoms with Crippen LogP contribution in [0.25, 0.3) is 5.52 Å². The van der Waals surface area contributed by atoms with Crippen molar-refractivity contribution in [3.05, 3.63) is 34.6 Å². The minimum absolute atomic E-state index is 0.216. The van der Waals surface area contributed by atoms with Crippen molar-refractivity contribution in [1.82, 2.24) is 9.38 Å². The van der Waals surface area contributed by atoms with Crippen LogP contribution < -0.4 is 0 Å². The van der Waals surface area contributed by atoms with E-state index in [-0.39, 0.29) is 5.82 Å². The molecule has 0 amide bonds. The Hall–Kier alpha value is -1.43. The van der Waals surface area contributed by atoms with Crippen molar-refractivity contribution >= 4 is 27.4 Å². The molecule has 14 heavy (non-hydrogen) atoms. The van der Waals surface area contributed by atoms with Crippen LogP contribution in [0.1, 0.15) is 10.6 Å². The summed E-state index contributed by atoms with van der Waals surface area (Å²) in [6, 6.07) is 2.70. The van der Waals surface area contributed by atoms with Crippen molar-refractivity contribution in [2.24, 2.45) is 0 Å². The third-order valence-corrected chi connectivity index (χ3v) is 2.33. The number of hydrogen-bond acceptors (Lipinski definition) is 2. The molecule has 0 fully saturated rings. The zero-order valence-electron chi connectivity index (χ0n) is 6.74. The standard InChI is InChI=1S/C8H4BrFN2O2/c9-6-5-2-1-4(10)3-12(5)7(11-6)8(13)14/h1-3H,(H,13,14). The van der Waals surface area contributed by atoms with Crippen LogP contribution in [-0.4, -0.2) is 20.5 Å². The summed E-state index contributed by atoms with van der Waals surface area (Å²) in [5, 5.41) is 8.76. The van der Waals surface area contributed by atoms with E-state index >= 15 is 0 Å². The van der Waals surface area contributed by atoms with Crippen LogP contribution >= 0.6 is 15.9 Å². The summed E-state index contributed by atoms with van der Waals surface area (Å²) < 4.78 is 14.4. The Morgan fingerprint density at radius 3 is 2.93 bits per heavy atom. The number of fused-ring (bicyclic) bond motifs is 1. The normalized spacial score (nSPS) is 10.7. The Kier molecular flexibility index (Phi) is 1.99. The summed E-state index contributed by atoms with van der Waals surface area (Å²) in [4.78, 5) is 14.5.